The highest BCUT2D eigenvalue weighted by Crippen LogP contribution is 2.21. The van der Waals surface area contributed by atoms with Crippen molar-refractivity contribution in [2.75, 3.05) is 18.1 Å². The monoisotopic (exact) mass is 306 g/mol. The third-order valence-electron chi connectivity index (χ3n) is 3.18. The number of aliphatic hydroxyl groups is 1. The van der Waals surface area contributed by atoms with Crippen molar-refractivity contribution >= 4 is 15.7 Å². The number of sulfone groups is 1. The summed E-state index contributed by atoms with van der Waals surface area (Å²) >= 11 is 0. The van der Waals surface area contributed by atoms with Crippen molar-refractivity contribution in [3.63, 3.8) is 0 Å². The quantitative estimate of drug-likeness (QED) is 0.882. The van der Waals surface area contributed by atoms with Gasteiger partial charge in [0.05, 0.1) is 6.10 Å². The summed E-state index contributed by atoms with van der Waals surface area (Å²) in [6.45, 7) is 2.10. The molecule has 0 aliphatic heterocycles. The minimum Gasteiger partial charge on any atom is -0.387 e. The normalized spacial score (nSPS) is 12.9. The summed E-state index contributed by atoms with van der Waals surface area (Å²) in [5.74, 6) is 0.257. The van der Waals surface area contributed by atoms with Crippen molar-refractivity contribution in [1.29, 1.82) is 0 Å². The van der Waals surface area contributed by atoms with Crippen LogP contribution in [0.25, 0.3) is 0 Å². The van der Waals surface area contributed by atoms with E-state index in [2.05, 4.69) is 10.3 Å². The molecule has 1 aromatic heterocycles. The first-order chi connectivity index (χ1) is 9.89. The molecule has 0 saturated heterocycles. The minimum absolute atomic E-state index is 0.127. The molecule has 2 N–H and O–H groups in total. The SMILES string of the molecule is Cc1ccccc1C(O)CNc1ncccc1S(C)(=O)=O. The van der Waals surface area contributed by atoms with Crippen LogP contribution in [0.15, 0.2) is 47.5 Å². The predicted molar refractivity (Wildman–Crippen MR) is 82.0 cm³/mol. The van der Waals surface area contributed by atoms with E-state index < -0.39 is 15.9 Å². The summed E-state index contributed by atoms with van der Waals surface area (Å²) in [6.07, 6.45) is 1.91. The lowest BCUT2D eigenvalue weighted by Gasteiger charge is -2.16. The number of nitrogens with zero attached hydrogens (tertiary/aromatic N) is 1. The number of nitrogens with one attached hydrogen (secondary N) is 1. The molecule has 0 bridgehead atoms. The zero-order valence-electron chi connectivity index (χ0n) is 11.9. The number of aromatic nitrogens is 1. The predicted octanol–water partition coefficient (Wildman–Crippen LogP) is 1.94. The molecule has 0 aliphatic carbocycles. The number of aryl methyl sites for hydroxylation is 1. The van der Waals surface area contributed by atoms with E-state index in [0.29, 0.717) is 0 Å². The van der Waals surface area contributed by atoms with Gasteiger partial charge >= 0.3 is 0 Å². The van der Waals surface area contributed by atoms with Gasteiger partial charge in [-0.2, -0.15) is 0 Å². The number of pyridine rings is 1. The van der Waals surface area contributed by atoms with Crippen molar-refractivity contribution in [2.24, 2.45) is 0 Å². The van der Waals surface area contributed by atoms with E-state index in [1.807, 2.05) is 31.2 Å². The zero-order chi connectivity index (χ0) is 15.5. The van der Waals surface area contributed by atoms with Crippen LogP contribution in [0.4, 0.5) is 5.82 Å². The topological polar surface area (TPSA) is 79.3 Å². The van der Waals surface area contributed by atoms with Gasteiger partial charge in [0, 0.05) is 19.0 Å². The van der Waals surface area contributed by atoms with Crippen LogP contribution in [-0.2, 0) is 9.84 Å². The average Bonchev–Trinajstić information content (AvgIpc) is 2.44. The van der Waals surface area contributed by atoms with Gasteiger partial charge in [0.25, 0.3) is 0 Å². The third-order valence-corrected chi connectivity index (χ3v) is 4.31. The number of aliphatic hydroxyl groups excluding tert-OH is 1. The molecule has 2 rings (SSSR count). The van der Waals surface area contributed by atoms with Crippen LogP contribution in [0, 0.1) is 6.92 Å². The number of hydrogen-bond acceptors (Lipinski definition) is 5. The van der Waals surface area contributed by atoms with Crippen LogP contribution in [0.2, 0.25) is 0 Å². The molecule has 2 aromatic rings. The summed E-state index contributed by atoms with van der Waals surface area (Å²) in [4.78, 5) is 4.16. The first-order valence-corrected chi connectivity index (χ1v) is 8.41. The van der Waals surface area contributed by atoms with E-state index >= 15 is 0 Å². The van der Waals surface area contributed by atoms with Crippen LogP contribution >= 0.6 is 0 Å². The molecule has 112 valence electrons. The van der Waals surface area contributed by atoms with Gasteiger partial charge in [0.1, 0.15) is 10.7 Å². The van der Waals surface area contributed by atoms with E-state index in [9.17, 15) is 13.5 Å². The summed E-state index contributed by atoms with van der Waals surface area (Å²) in [5.41, 5.74) is 1.79. The molecule has 0 amide bonds. The molecule has 5 nitrogen and oxygen atoms in total. The van der Waals surface area contributed by atoms with Crippen LogP contribution in [0.5, 0.6) is 0 Å². The molecule has 6 heteroatoms. The lowest BCUT2D eigenvalue weighted by molar-refractivity contribution is 0.190. The molecule has 21 heavy (non-hydrogen) atoms. The van der Waals surface area contributed by atoms with Crippen LogP contribution in [0.3, 0.4) is 0 Å². The van der Waals surface area contributed by atoms with Gasteiger partial charge in [-0.15, -0.1) is 0 Å². The van der Waals surface area contributed by atoms with Crippen LogP contribution in [-0.4, -0.2) is 31.3 Å². The van der Waals surface area contributed by atoms with E-state index in [1.54, 1.807) is 6.07 Å². The second-order valence-electron chi connectivity index (χ2n) is 4.88. The number of anilines is 1. The second-order valence-corrected chi connectivity index (χ2v) is 6.86. The summed E-state index contributed by atoms with van der Waals surface area (Å²) in [5, 5.41) is 13.1. The molecular weight excluding hydrogens is 288 g/mol. The van der Waals surface area contributed by atoms with E-state index in [-0.39, 0.29) is 17.3 Å². The number of hydrogen-bond donors (Lipinski definition) is 2. The van der Waals surface area contributed by atoms with Gasteiger partial charge in [0.2, 0.25) is 0 Å². The van der Waals surface area contributed by atoms with E-state index in [0.717, 1.165) is 17.4 Å². The van der Waals surface area contributed by atoms with Gasteiger partial charge in [0.15, 0.2) is 9.84 Å². The van der Waals surface area contributed by atoms with Crippen molar-refractivity contribution < 1.29 is 13.5 Å². The van der Waals surface area contributed by atoms with Crippen LogP contribution < -0.4 is 5.32 Å². The Bertz CT molecular complexity index is 729. The molecule has 0 radical (unpaired) electrons. The largest absolute Gasteiger partial charge is 0.387 e. The molecule has 1 atom stereocenters. The Morgan fingerprint density at radius 2 is 1.95 bits per heavy atom. The Hall–Kier alpha value is -1.92. The van der Waals surface area contributed by atoms with E-state index in [1.165, 1.54) is 12.3 Å². The molecule has 0 aliphatic rings. The molecule has 1 aromatic carbocycles. The third kappa shape index (κ3) is 3.80. The first-order valence-electron chi connectivity index (χ1n) is 6.52. The summed E-state index contributed by atoms with van der Waals surface area (Å²) in [6, 6.07) is 10.6. The van der Waals surface area contributed by atoms with Crippen molar-refractivity contribution in [3.8, 4) is 0 Å². The Labute approximate surface area is 124 Å². The molecule has 0 saturated carbocycles. The maximum atomic E-state index is 11.7. The zero-order valence-corrected chi connectivity index (χ0v) is 12.8. The molecule has 1 unspecified atom stereocenters. The van der Waals surface area contributed by atoms with Gasteiger partial charge in [-0.05, 0) is 30.2 Å². The summed E-state index contributed by atoms with van der Waals surface area (Å²) in [7, 11) is -3.36. The number of rotatable bonds is 5. The fourth-order valence-electron chi connectivity index (χ4n) is 2.09. The Balaban J connectivity index is 2.16. The van der Waals surface area contributed by atoms with Crippen molar-refractivity contribution in [2.45, 2.75) is 17.9 Å². The number of benzene rings is 1. The molecule has 0 fully saturated rings. The average molecular weight is 306 g/mol. The smallest absolute Gasteiger partial charge is 0.179 e. The maximum Gasteiger partial charge on any atom is 0.179 e. The lowest BCUT2D eigenvalue weighted by atomic mass is 10.0. The Kier molecular flexibility index (Phi) is 4.59. The standard InChI is InChI=1S/C15H18N2O3S/c1-11-6-3-4-7-12(11)13(18)10-17-15-14(21(2,19)20)8-5-9-16-15/h3-9,13,18H,10H2,1-2H3,(H,16,17). The maximum absolute atomic E-state index is 11.7. The van der Waals surface area contributed by atoms with Crippen LogP contribution in [0.1, 0.15) is 17.2 Å². The highest BCUT2D eigenvalue weighted by atomic mass is 32.2. The van der Waals surface area contributed by atoms with Gasteiger partial charge in [-0.3, -0.25) is 0 Å². The molecule has 1 heterocycles. The Morgan fingerprint density at radius 3 is 2.62 bits per heavy atom. The fraction of sp³-hybridized carbons (Fsp3) is 0.267. The van der Waals surface area contributed by atoms with Crippen molar-refractivity contribution in [1.82, 2.24) is 4.98 Å². The Morgan fingerprint density at radius 1 is 1.24 bits per heavy atom. The lowest BCUT2D eigenvalue weighted by Crippen LogP contribution is -2.16. The first kappa shape index (κ1) is 15.5. The van der Waals surface area contributed by atoms with Gasteiger partial charge in [-0.25, -0.2) is 13.4 Å². The fourth-order valence-corrected chi connectivity index (χ4v) is 2.89. The molecule has 0 spiro atoms. The van der Waals surface area contributed by atoms with Crippen molar-refractivity contribution in [3.05, 3.63) is 53.7 Å². The minimum atomic E-state index is -3.36. The molecular formula is C15H18N2O3S. The highest BCUT2D eigenvalue weighted by molar-refractivity contribution is 7.90. The van der Waals surface area contributed by atoms with Gasteiger partial charge < -0.3 is 10.4 Å². The van der Waals surface area contributed by atoms with Gasteiger partial charge in [-0.1, -0.05) is 24.3 Å². The van der Waals surface area contributed by atoms with E-state index in [4.69, 9.17) is 0 Å². The highest BCUT2D eigenvalue weighted by Gasteiger charge is 2.15. The summed E-state index contributed by atoms with van der Waals surface area (Å²) < 4.78 is 23.4. The second kappa shape index (κ2) is 6.24.